The fourth-order valence-electron chi connectivity index (χ4n) is 4.26. The minimum atomic E-state index is -0.311. The molecule has 1 fully saturated rings. The lowest BCUT2D eigenvalue weighted by Gasteiger charge is -2.34. The van der Waals surface area contributed by atoms with E-state index < -0.39 is 0 Å². The Morgan fingerprint density at radius 1 is 1.00 bits per heavy atom. The van der Waals surface area contributed by atoms with Crippen LogP contribution in [0.4, 0.5) is 15.9 Å². The molecule has 2 aromatic carbocycles. The first-order chi connectivity index (χ1) is 12.3. The van der Waals surface area contributed by atoms with E-state index in [1.165, 1.54) is 18.0 Å². The zero-order chi connectivity index (χ0) is 16.9. The number of fused-ring (bicyclic) bond motifs is 3. The molecule has 1 saturated heterocycles. The fourth-order valence-corrected chi connectivity index (χ4v) is 4.26. The average Bonchev–Trinajstić information content (AvgIpc) is 2.97. The molecule has 126 valence electrons. The number of hydrogen-bond donors (Lipinski definition) is 0. The van der Waals surface area contributed by atoms with E-state index in [1.54, 1.807) is 6.07 Å². The van der Waals surface area contributed by atoms with Gasteiger partial charge in [0, 0.05) is 36.2 Å². The van der Waals surface area contributed by atoms with Gasteiger partial charge in [0.15, 0.2) is 0 Å². The number of anilines is 2. The van der Waals surface area contributed by atoms with E-state index in [1.807, 2.05) is 12.1 Å². The number of hydrogen-bond acceptors (Lipinski definition) is 4. The van der Waals surface area contributed by atoms with E-state index in [4.69, 9.17) is 4.74 Å². The monoisotopic (exact) mass is 335 g/mol. The summed E-state index contributed by atoms with van der Waals surface area (Å²) in [6.07, 6.45) is 3.45. The number of nitrogens with zero attached hydrogens (tertiary/aromatic N) is 3. The van der Waals surface area contributed by atoms with E-state index in [9.17, 15) is 4.39 Å². The number of ether oxygens (including phenoxy) is 1. The molecule has 0 bridgehead atoms. The molecule has 25 heavy (non-hydrogen) atoms. The Morgan fingerprint density at radius 3 is 2.72 bits per heavy atom. The van der Waals surface area contributed by atoms with Gasteiger partial charge in [-0.3, -0.25) is 0 Å². The van der Waals surface area contributed by atoms with Gasteiger partial charge < -0.3 is 9.64 Å². The van der Waals surface area contributed by atoms with Crippen molar-refractivity contribution in [1.29, 1.82) is 0 Å². The van der Waals surface area contributed by atoms with Gasteiger partial charge in [-0.05, 0) is 36.6 Å². The average molecular weight is 335 g/mol. The summed E-state index contributed by atoms with van der Waals surface area (Å²) in [6, 6.07) is 13.5. The Kier molecular flexibility index (Phi) is 3.25. The van der Waals surface area contributed by atoms with E-state index in [0.29, 0.717) is 5.52 Å². The van der Waals surface area contributed by atoms with Crippen molar-refractivity contribution in [2.75, 3.05) is 24.7 Å². The van der Waals surface area contributed by atoms with Gasteiger partial charge in [0.05, 0.1) is 0 Å². The van der Waals surface area contributed by atoms with Crippen molar-refractivity contribution in [1.82, 2.24) is 9.97 Å². The van der Waals surface area contributed by atoms with Crippen molar-refractivity contribution in [2.24, 2.45) is 0 Å². The van der Waals surface area contributed by atoms with E-state index >= 15 is 0 Å². The molecule has 1 spiro atoms. The summed E-state index contributed by atoms with van der Waals surface area (Å²) in [5.41, 5.74) is 2.97. The van der Waals surface area contributed by atoms with Crippen LogP contribution >= 0.6 is 0 Å². The molecule has 0 amide bonds. The summed E-state index contributed by atoms with van der Waals surface area (Å²) in [5, 5.41) is 0.751. The zero-order valence-electron chi connectivity index (χ0n) is 13.8. The molecule has 4 nitrogen and oxygen atoms in total. The van der Waals surface area contributed by atoms with Gasteiger partial charge >= 0.3 is 0 Å². The normalized spacial score (nSPS) is 18.7. The van der Waals surface area contributed by atoms with Crippen LogP contribution in [-0.4, -0.2) is 29.7 Å². The lowest BCUT2D eigenvalue weighted by molar-refractivity contribution is 0.0558. The van der Waals surface area contributed by atoms with Gasteiger partial charge in [-0.15, -0.1) is 0 Å². The Morgan fingerprint density at radius 2 is 1.84 bits per heavy atom. The van der Waals surface area contributed by atoms with Crippen molar-refractivity contribution in [3.63, 3.8) is 0 Å². The largest absolute Gasteiger partial charge is 0.381 e. The van der Waals surface area contributed by atoms with Gasteiger partial charge in [-0.25, -0.2) is 14.4 Å². The quantitative estimate of drug-likeness (QED) is 0.674. The van der Waals surface area contributed by atoms with Crippen LogP contribution in [0.5, 0.6) is 0 Å². The molecule has 2 aliphatic rings. The molecule has 0 atom stereocenters. The van der Waals surface area contributed by atoms with Crippen molar-refractivity contribution in [2.45, 2.75) is 18.3 Å². The Hall–Kier alpha value is -2.53. The smallest absolute Gasteiger partial charge is 0.149 e. The molecule has 0 saturated carbocycles. The lowest BCUT2D eigenvalue weighted by atomic mass is 9.76. The second kappa shape index (κ2) is 5.49. The molecule has 3 heterocycles. The van der Waals surface area contributed by atoms with Crippen molar-refractivity contribution >= 4 is 22.4 Å². The molecule has 0 unspecified atom stereocenters. The summed E-state index contributed by atoms with van der Waals surface area (Å²) in [5.74, 6) is 0.467. The van der Waals surface area contributed by atoms with Gasteiger partial charge in [-0.2, -0.15) is 0 Å². The van der Waals surface area contributed by atoms with Crippen molar-refractivity contribution in [3.05, 3.63) is 60.2 Å². The highest BCUT2D eigenvalue weighted by molar-refractivity contribution is 5.93. The van der Waals surface area contributed by atoms with E-state index in [-0.39, 0.29) is 11.2 Å². The minimum Gasteiger partial charge on any atom is -0.381 e. The summed E-state index contributed by atoms with van der Waals surface area (Å²) < 4.78 is 19.8. The third-order valence-corrected chi connectivity index (χ3v) is 5.53. The second-order valence-electron chi connectivity index (χ2n) is 6.83. The Balaban J connectivity index is 1.70. The highest BCUT2D eigenvalue weighted by Crippen LogP contribution is 2.49. The fraction of sp³-hybridized carbons (Fsp3) is 0.300. The second-order valence-corrected chi connectivity index (χ2v) is 6.83. The number of halogens is 1. The van der Waals surface area contributed by atoms with Crippen LogP contribution in [0, 0.1) is 5.82 Å². The number of benzene rings is 2. The first-order valence-electron chi connectivity index (χ1n) is 8.63. The molecular formula is C20H18FN3O. The third kappa shape index (κ3) is 2.15. The van der Waals surface area contributed by atoms with Crippen LogP contribution in [0.3, 0.4) is 0 Å². The number of para-hydroxylation sites is 2. The third-order valence-electron chi connectivity index (χ3n) is 5.53. The van der Waals surface area contributed by atoms with Gasteiger partial charge in [-0.1, -0.05) is 24.3 Å². The summed E-state index contributed by atoms with van der Waals surface area (Å²) in [6.45, 7) is 2.40. The molecule has 0 N–H and O–H groups in total. The molecular weight excluding hydrogens is 317 g/mol. The maximum atomic E-state index is 14.2. The zero-order valence-corrected chi connectivity index (χ0v) is 13.8. The molecule has 3 aromatic rings. The maximum absolute atomic E-state index is 14.2. The highest BCUT2D eigenvalue weighted by Gasteiger charge is 2.44. The topological polar surface area (TPSA) is 38.2 Å². The van der Waals surface area contributed by atoms with Gasteiger partial charge in [0.2, 0.25) is 0 Å². The van der Waals surface area contributed by atoms with E-state index in [2.05, 4.69) is 33.1 Å². The van der Waals surface area contributed by atoms with Gasteiger partial charge in [0.1, 0.15) is 23.5 Å². The van der Waals surface area contributed by atoms with Crippen LogP contribution in [0.2, 0.25) is 0 Å². The van der Waals surface area contributed by atoms with Crippen molar-refractivity contribution in [3.8, 4) is 0 Å². The van der Waals surface area contributed by atoms with E-state index in [0.717, 1.165) is 49.5 Å². The first kappa shape index (κ1) is 14.8. The Bertz CT molecular complexity index is 953. The van der Waals surface area contributed by atoms with Gasteiger partial charge in [0.25, 0.3) is 0 Å². The number of rotatable bonds is 1. The summed E-state index contributed by atoms with van der Waals surface area (Å²) in [7, 11) is 0. The van der Waals surface area contributed by atoms with Crippen LogP contribution in [-0.2, 0) is 10.2 Å². The maximum Gasteiger partial charge on any atom is 0.149 e. The standard InChI is InChI=1S/C20H18FN3O/c21-16-6-3-4-14-18(16)22-13-23-19(14)24-12-20(8-10-25-11-9-20)15-5-1-2-7-17(15)24/h1-7,13H,8-12H2. The lowest BCUT2D eigenvalue weighted by Crippen LogP contribution is -2.37. The first-order valence-corrected chi connectivity index (χ1v) is 8.63. The SMILES string of the molecule is Fc1cccc2c(N3CC4(CCOCC4)c4ccccc43)ncnc12. The van der Waals surface area contributed by atoms with Crippen LogP contribution in [0.1, 0.15) is 18.4 Å². The predicted molar refractivity (Wildman–Crippen MR) is 94.7 cm³/mol. The Labute approximate surface area is 145 Å². The molecule has 5 rings (SSSR count). The minimum absolute atomic E-state index is 0.0828. The predicted octanol–water partition coefficient (Wildman–Crippen LogP) is 3.97. The van der Waals surface area contributed by atoms with Crippen LogP contribution in [0.15, 0.2) is 48.8 Å². The molecule has 2 aliphatic heterocycles. The summed E-state index contributed by atoms with van der Waals surface area (Å²) >= 11 is 0. The van der Waals surface area contributed by atoms with Crippen LogP contribution in [0.25, 0.3) is 10.9 Å². The summed E-state index contributed by atoms with van der Waals surface area (Å²) in [4.78, 5) is 10.9. The highest BCUT2D eigenvalue weighted by atomic mass is 19.1. The molecule has 0 radical (unpaired) electrons. The molecule has 1 aromatic heterocycles. The van der Waals surface area contributed by atoms with Crippen LogP contribution < -0.4 is 4.90 Å². The molecule has 5 heteroatoms. The molecule has 0 aliphatic carbocycles. The number of aromatic nitrogens is 2. The van der Waals surface area contributed by atoms with Crippen molar-refractivity contribution < 1.29 is 9.13 Å².